The summed E-state index contributed by atoms with van der Waals surface area (Å²) in [6.07, 6.45) is 3.31. The Hall–Kier alpha value is -0.930. The summed E-state index contributed by atoms with van der Waals surface area (Å²) in [6, 6.07) is 9.96. The lowest BCUT2D eigenvalue weighted by molar-refractivity contribution is 0.113. The van der Waals surface area contributed by atoms with Gasteiger partial charge in [-0.15, -0.1) is 6.58 Å². The van der Waals surface area contributed by atoms with Gasteiger partial charge >= 0.3 is 7.60 Å². The van der Waals surface area contributed by atoms with Crippen molar-refractivity contribution in [1.82, 2.24) is 0 Å². The van der Waals surface area contributed by atoms with Crippen LogP contribution >= 0.6 is 7.60 Å². The summed E-state index contributed by atoms with van der Waals surface area (Å²) in [7, 11) is -3.31. The molecule has 20 heavy (non-hydrogen) atoms. The van der Waals surface area contributed by atoms with E-state index in [9.17, 15) is 4.57 Å². The number of unbranched alkanes of at least 4 members (excludes halogenated alkanes) is 1. The molecule has 0 aliphatic heterocycles. The molecule has 1 N–H and O–H groups in total. The largest absolute Gasteiger partial charge is 0.377 e. The summed E-state index contributed by atoms with van der Waals surface area (Å²) < 4.78 is 21.0. The molecule has 0 spiro atoms. The summed E-state index contributed by atoms with van der Waals surface area (Å²) in [5, 5.41) is 0. The maximum atomic E-state index is 10.8. The van der Waals surface area contributed by atoms with E-state index in [0.717, 1.165) is 18.4 Å². The van der Waals surface area contributed by atoms with Crippen molar-refractivity contribution in [1.29, 1.82) is 0 Å². The summed E-state index contributed by atoms with van der Waals surface area (Å²) in [5.41, 5.74) is 1.15. The van der Waals surface area contributed by atoms with Gasteiger partial charge in [-0.05, 0) is 25.3 Å². The minimum Gasteiger partial charge on any atom is -0.377 e. The first-order valence-corrected chi connectivity index (χ1v) is 8.65. The molecule has 1 unspecified atom stereocenters. The highest BCUT2D eigenvalue weighted by molar-refractivity contribution is 7.51. The molecule has 0 saturated carbocycles. The van der Waals surface area contributed by atoms with Crippen LogP contribution in [0.4, 0.5) is 0 Å². The summed E-state index contributed by atoms with van der Waals surface area (Å²) in [5.74, 6) is 0. The van der Waals surface area contributed by atoms with E-state index in [1.54, 1.807) is 6.08 Å². The molecule has 5 heteroatoms. The van der Waals surface area contributed by atoms with Gasteiger partial charge in [0.15, 0.2) is 0 Å². The van der Waals surface area contributed by atoms with Gasteiger partial charge in [0.05, 0.1) is 13.2 Å². The van der Waals surface area contributed by atoms with Gasteiger partial charge in [0.2, 0.25) is 0 Å². The van der Waals surface area contributed by atoms with Crippen LogP contribution in [0.1, 0.15) is 25.3 Å². The Morgan fingerprint density at radius 3 is 2.35 bits per heavy atom. The van der Waals surface area contributed by atoms with Crippen molar-refractivity contribution in [3.8, 4) is 0 Å². The lowest BCUT2D eigenvalue weighted by atomic mass is 10.2. The van der Waals surface area contributed by atoms with Gasteiger partial charge in [0.1, 0.15) is 0 Å². The summed E-state index contributed by atoms with van der Waals surface area (Å²) in [6.45, 7) is 7.99. The Kier molecular flexibility index (Phi) is 11.3. The highest BCUT2D eigenvalue weighted by Crippen LogP contribution is 2.36. The fourth-order valence-corrected chi connectivity index (χ4v) is 1.77. The van der Waals surface area contributed by atoms with Gasteiger partial charge in [0, 0.05) is 13.3 Å². The van der Waals surface area contributed by atoms with Crippen molar-refractivity contribution >= 4 is 7.60 Å². The molecule has 0 aliphatic carbocycles. The average molecular weight is 300 g/mol. The molecule has 0 aromatic heterocycles. The second-order valence-electron chi connectivity index (χ2n) is 4.29. The number of benzene rings is 1. The predicted molar refractivity (Wildman–Crippen MR) is 82.9 cm³/mol. The molecular formula is C15H25O4P. The molecular weight excluding hydrogens is 275 g/mol. The molecule has 0 saturated heterocycles. The molecule has 0 radical (unpaired) electrons. The molecule has 1 rings (SSSR count). The number of hydrogen-bond donors (Lipinski definition) is 1. The average Bonchev–Trinajstić information content (AvgIpc) is 2.38. The Balaban J connectivity index is 0.00000110. The van der Waals surface area contributed by atoms with Crippen LogP contribution in [0.3, 0.4) is 0 Å². The molecule has 1 aromatic carbocycles. The number of rotatable bonds is 8. The van der Waals surface area contributed by atoms with Crippen LogP contribution < -0.4 is 0 Å². The van der Waals surface area contributed by atoms with Crippen molar-refractivity contribution in [3.63, 3.8) is 0 Å². The fourth-order valence-electron chi connectivity index (χ4n) is 1.30. The predicted octanol–water partition coefficient (Wildman–Crippen LogP) is 4.01. The van der Waals surface area contributed by atoms with Crippen LogP contribution in [0.15, 0.2) is 43.0 Å². The van der Waals surface area contributed by atoms with Crippen molar-refractivity contribution < 1.29 is 18.7 Å². The zero-order valence-corrected chi connectivity index (χ0v) is 13.2. The Morgan fingerprint density at radius 1 is 1.25 bits per heavy atom. The van der Waals surface area contributed by atoms with E-state index in [1.165, 1.54) is 6.66 Å². The first kappa shape index (κ1) is 19.1. The van der Waals surface area contributed by atoms with Crippen molar-refractivity contribution in [3.05, 3.63) is 48.6 Å². The molecule has 0 amide bonds. The van der Waals surface area contributed by atoms with E-state index in [-0.39, 0.29) is 0 Å². The molecule has 114 valence electrons. The van der Waals surface area contributed by atoms with E-state index in [0.29, 0.717) is 19.8 Å². The van der Waals surface area contributed by atoms with Crippen LogP contribution in [0.5, 0.6) is 0 Å². The van der Waals surface area contributed by atoms with Crippen LogP contribution in [0.25, 0.3) is 0 Å². The van der Waals surface area contributed by atoms with Gasteiger partial charge in [-0.1, -0.05) is 36.4 Å². The Labute approximate surface area is 122 Å². The molecule has 0 fully saturated rings. The van der Waals surface area contributed by atoms with Gasteiger partial charge in [0.25, 0.3) is 0 Å². The highest BCUT2D eigenvalue weighted by atomic mass is 31.2. The first-order valence-electron chi connectivity index (χ1n) is 6.63. The Morgan fingerprint density at radius 2 is 1.80 bits per heavy atom. The number of ether oxygens (including phenoxy) is 1. The van der Waals surface area contributed by atoms with Gasteiger partial charge in [-0.2, -0.15) is 0 Å². The fraction of sp³-hybridized carbons (Fsp3) is 0.467. The molecule has 0 aliphatic rings. The molecule has 1 aromatic rings. The molecule has 1 atom stereocenters. The molecule has 0 heterocycles. The van der Waals surface area contributed by atoms with Crippen LogP contribution in [0, 0.1) is 0 Å². The zero-order chi connectivity index (χ0) is 15.3. The Bertz CT molecular complexity index is 386. The van der Waals surface area contributed by atoms with Gasteiger partial charge in [-0.3, -0.25) is 4.57 Å². The second kappa shape index (κ2) is 11.9. The topological polar surface area (TPSA) is 55.8 Å². The third-order valence-electron chi connectivity index (χ3n) is 2.13. The molecule has 0 bridgehead atoms. The summed E-state index contributed by atoms with van der Waals surface area (Å²) in [4.78, 5) is 8.87. The maximum Gasteiger partial charge on any atom is 0.325 e. The van der Waals surface area contributed by atoms with Crippen LogP contribution in [-0.2, 0) is 20.4 Å². The van der Waals surface area contributed by atoms with Gasteiger partial charge in [-0.25, -0.2) is 0 Å². The normalized spacial score (nSPS) is 12.9. The second-order valence-corrected chi connectivity index (χ2v) is 6.15. The highest BCUT2D eigenvalue weighted by Gasteiger charge is 2.08. The summed E-state index contributed by atoms with van der Waals surface area (Å²) >= 11 is 0. The van der Waals surface area contributed by atoms with E-state index in [2.05, 4.69) is 6.58 Å². The van der Waals surface area contributed by atoms with E-state index < -0.39 is 7.60 Å². The number of hydrogen-bond acceptors (Lipinski definition) is 3. The third kappa shape index (κ3) is 13.5. The molecule has 4 nitrogen and oxygen atoms in total. The smallest absolute Gasteiger partial charge is 0.325 e. The number of allylic oxidation sites excluding steroid dienone is 1. The SMILES string of the molecule is C=CC.CP(=O)(O)OCCCCOCc1ccccc1. The van der Waals surface area contributed by atoms with E-state index in [4.69, 9.17) is 14.2 Å². The maximum absolute atomic E-state index is 10.8. The van der Waals surface area contributed by atoms with Crippen LogP contribution in [0.2, 0.25) is 0 Å². The lowest BCUT2D eigenvalue weighted by Gasteiger charge is -2.07. The van der Waals surface area contributed by atoms with Crippen LogP contribution in [-0.4, -0.2) is 24.8 Å². The van der Waals surface area contributed by atoms with Gasteiger partial charge < -0.3 is 14.2 Å². The van der Waals surface area contributed by atoms with E-state index in [1.807, 2.05) is 37.3 Å². The van der Waals surface area contributed by atoms with Crippen molar-refractivity contribution in [2.75, 3.05) is 19.9 Å². The monoisotopic (exact) mass is 300 g/mol. The minimum atomic E-state index is -3.31. The van der Waals surface area contributed by atoms with Crippen molar-refractivity contribution in [2.24, 2.45) is 0 Å². The van der Waals surface area contributed by atoms with E-state index >= 15 is 0 Å². The lowest BCUT2D eigenvalue weighted by Crippen LogP contribution is -1.98. The quantitative estimate of drug-likeness (QED) is 0.448. The minimum absolute atomic E-state index is 0.305. The standard InChI is InChI=1S/C12H19O4P.C3H6/c1-17(13,14)16-10-6-5-9-15-11-12-7-3-2-4-8-12;1-3-2/h2-4,7-8H,5-6,9-11H2,1H3,(H,13,14);3H,1H2,2H3. The third-order valence-corrected chi connectivity index (χ3v) is 2.79. The zero-order valence-electron chi connectivity index (χ0n) is 12.3. The first-order chi connectivity index (χ1) is 9.49. The van der Waals surface area contributed by atoms with Crippen molar-refractivity contribution in [2.45, 2.75) is 26.4 Å².